The van der Waals surface area contributed by atoms with Gasteiger partial charge < -0.3 is 0 Å². The smallest absolute Gasteiger partial charge is 0.258 e. The minimum Gasteiger partial charge on any atom is -0.258 e. The highest BCUT2D eigenvalue weighted by molar-refractivity contribution is 7.27. The van der Waals surface area contributed by atoms with Gasteiger partial charge in [-0.2, -0.15) is 0 Å². The number of hydrogen-bond donors (Lipinski definition) is 0. The average Bonchev–Trinajstić information content (AvgIpc) is 3.13. The molecule has 0 spiro atoms. The molecule has 0 aliphatic rings. The highest BCUT2D eigenvalue weighted by Gasteiger charge is 2.15. The van der Waals surface area contributed by atoms with Gasteiger partial charge in [0.1, 0.15) is 5.01 Å². The van der Waals surface area contributed by atoms with Crippen molar-refractivity contribution in [2.24, 2.45) is 0 Å². The van der Waals surface area contributed by atoms with Crippen molar-refractivity contribution in [2.75, 3.05) is 0 Å². The highest BCUT2D eigenvalue weighted by Crippen LogP contribution is 2.39. The van der Waals surface area contributed by atoms with Crippen LogP contribution < -0.4 is 0 Å². The molecule has 2 aromatic heterocycles. The number of aromatic nitrogens is 1. The van der Waals surface area contributed by atoms with E-state index in [9.17, 15) is 10.1 Å². The Labute approximate surface area is 127 Å². The van der Waals surface area contributed by atoms with Gasteiger partial charge in [-0.3, -0.25) is 10.1 Å². The Kier molecular flexibility index (Phi) is 2.73. The van der Waals surface area contributed by atoms with Gasteiger partial charge in [-0.25, -0.2) is 4.98 Å². The first-order chi connectivity index (χ1) is 10.2. The van der Waals surface area contributed by atoms with E-state index in [2.05, 4.69) is 23.2 Å². The van der Waals surface area contributed by atoms with Gasteiger partial charge in [0, 0.05) is 11.5 Å². The Bertz CT molecular complexity index is 988. The lowest BCUT2D eigenvalue weighted by atomic mass is 10.1. The van der Waals surface area contributed by atoms with E-state index in [0.717, 1.165) is 31.4 Å². The first-order valence-corrected chi connectivity index (χ1v) is 7.88. The molecule has 0 aliphatic carbocycles. The van der Waals surface area contributed by atoms with E-state index in [1.807, 2.05) is 18.2 Å². The summed E-state index contributed by atoms with van der Waals surface area (Å²) in [5.74, 6) is 0. The van der Waals surface area contributed by atoms with Gasteiger partial charge in [0.2, 0.25) is 0 Å². The molecule has 4 rings (SSSR count). The SMILES string of the molecule is O=[N+]([O-])c1ccc(-c2nc3ccc4ccccc4c3s2)s1. The van der Waals surface area contributed by atoms with Crippen LogP contribution in [0.3, 0.4) is 0 Å². The number of rotatable bonds is 2. The van der Waals surface area contributed by atoms with Gasteiger partial charge in [0.25, 0.3) is 0 Å². The number of hydrogen-bond acceptors (Lipinski definition) is 5. The normalized spacial score (nSPS) is 11.2. The van der Waals surface area contributed by atoms with E-state index in [4.69, 9.17) is 0 Å². The molecule has 2 heterocycles. The molecule has 0 aliphatic heterocycles. The molecule has 0 fully saturated rings. The zero-order valence-corrected chi connectivity index (χ0v) is 12.3. The van der Waals surface area contributed by atoms with Crippen molar-refractivity contribution in [2.45, 2.75) is 0 Å². The minimum absolute atomic E-state index is 0.147. The predicted molar refractivity (Wildman–Crippen MR) is 87.1 cm³/mol. The zero-order valence-electron chi connectivity index (χ0n) is 10.6. The van der Waals surface area contributed by atoms with Crippen LogP contribution in [0, 0.1) is 10.1 Å². The fourth-order valence-corrected chi connectivity index (χ4v) is 4.28. The highest BCUT2D eigenvalue weighted by atomic mass is 32.1. The third kappa shape index (κ3) is 2.00. The Morgan fingerprint density at radius 2 is 1.86 bits per heavy atom. The van der Waals surface area contributed by atoms with Crippen LogP contribution >= 0.6 is 22.7 Å². The molecule has 0 atom stereocenters. The first kappa shape index (κ1) is 12.4. The lowest BCUT2D eigenvalue weighted by Crippen LogP contribution is -1.80. The molecular weight excluding hydrogens is 304 g/mol. The van der Waals surface area contributed by atoms with Gasteiger partial charge in [-0.05, 0) is 17.5 Å². The van der Waals surface area contributed by atoms with E-state index in [1.165, 1.54) is 16.8 Å². The standard InChI is InChI=1S/C15H8N2O2S2/c18-17(19)13-8-7-12(20-13)15-16-11-6-5-9-3-1-2-4-10(9)14(11)21-15/h1-8H. The van der Waals surface area contributed by atoms with E-state index < -0.39 is 0 Å². The van der Waals surface area contributed by atoms with Crippen LogP contribution in [-0.4, -0.2) is 9.91 Å². The van der Waals surface area contributed by atoms with Gasteiger partial charge in [-0.15, -0.1) is 11.3 Å². The molecule has 102 valence electrons. The fraction of sp³-hybridized carbons (Fsp3) is 0. The first-order valence-electron chi connectivity index (χ1n) is 6.25. The predicted octanol–water partition coefficient (Wildman–Crippen LogP) is 5.09. The molecule has 0 N–H and O–H groups in total. The number of nitro groups is 1. The second-order valence-electron chi connectivity index (χ2n) is 4.55. The molecule has 4 aromatic rings. The Morgan fingerprint density at radius 1 is 1.00 bits per heavy atom. The number of fused-ring (bicyclic) bond motifs is 3. The van der Waals surface area contributed by atoms with Gasteiger partial charge in [0.15, 0.2) is 0 Å². The maximum Gasteiger partial charge on any atom is 0.324 e. The number of thiophene rings is 1. The third-order valence-corrected chi connectivity index (χ3v) is 5.57. The molecule has 0 radical (unpaired) electrons. The summed E-state index contributed by atoms with van der Waals surface area (Å²) < 4.78 is 1.12. The lowest BCUT2D eigenvalue weighted by molar-refractivity contribution is -0.380. The third-order valence-electron chi connectivity index (χ3n) is 3.26. The molecule has 0 unspecified atom stereocenters. The zero-order chi connectivity index (χ0) is 14.4. The monoisotopic (exact) mass is 312 g/mol. The van der Waals surface area contributed by atoms with Crippen molar-refractivity contribution in [3.63, 3.8) is 0 Å². The fourth-order valence-electron chi connectivity index (χ4n) is 2.30. The summed E-state index contributed by atoms with van der Waals surface area (Å²) in [4.78, 5) is 15.9. The molecule has 0 saturated carbocycles. The second-order valence-corrected chi connectivity index (χ2v) is 6.61. The van der Waals surface area contributed by atoms with Crippen LogP contribution in [-0.2, 0) is 0 Å². The largest absolute Gasteiger partial charge is 0.324 e. The maximum absolute atomic E-state index is 10.8. The topological polar surface area (TPSA) is 56.0 Å². The molecular formula is C15H8N2O2S2. The Balaban J connectivity index is 1.93. The quantitative estimate of drug-likeness (QED) is 0.383. The summed E-state index contributed by atoms with van der Waals surface area (Å²) in [6.07, 6.45) is 0. The molecule has 0 amide bonds. The lowest BCUT2D eigenvalue weighted by Gasteiger charge is -1.96. The van der Waals surface area contributed by atoms with Crippen LogP contribution in [0.2, 0.25) is 0 Å². The van der Waals surface area contributed by atoms with E-state index >= 15 is 0 Å². The average molecular weight is 312 g/mol. The van der Waals surface area contributed by atoms with Gasteiger partial charge >= 0.3 is 5.00 Å². The molecule has 2 aromatic carbocycles. The number of benzene rings is 2. The molecule has 4 nitrogen and oxygen atoms in total. The van der Waals surface area contributed by atoms with Crippen molar-refractivity contribution < 1.29 is 4.92 Å². The molecule has 6 heteroatoms. The molecule has 21 heavy (non-hydrogen) atoms. The van der Waals surface area contributed by atoms with Crippen LogP contribution in [0.4, 0.5) is 5.00 Å². The van der Waals surface area contributed by atoms with Crippen molar-refractivity contribution in [1.29, 1.82) is 0 Å². The van der Waals surface area contributed by atoms with E-state index in [-0.39, 0.29) is 9.92 Å². The van der Waals surface area contributed by atoms with Crippen LogP contribution in [0.25, 0.3) is 30.9 Å². The number of nitrogens with zero attached hydrogens (tertiary/aromatic N) is 2. The van der Waals surface area contributed by atoms with E-state index in [1.54, 1.807) is 17.4 Å². The summed E-state index contributed by atoms with van der Waals surface area (Å²) in [6.45, 7) is 0. The van der Waals surface area contributed by atoms with E-state index in [0.29, 0.717) is 0 Å². The minimum atomic E-state index is -0.364. The van der Waals surface area contributed by atoms with Crippen LogP contribution in [0.1, 0.15) is 0 Å². The van der Waals surface area contributed by atoms with Crippen LogP contribution in [0.15, 0.2) is 48.5 Å². The summed E-state index contributed by atoms with van der Waals surface area (Å²) in [5.41, 5.74) is 0.935. The second kappa shape index (κ2) is 4.61. The summed E-state index contributed by atoms with van der Waals surface area (Å²) in [7, 11) is 0. The summed E-state index contributed by atoms with van der Waals surface area (Å²) in [5, 5.41) is 14.1. The molecule has 0 saturated heterocycles. The summed E-state index contributed by atoms with van der Waals surface area (Å²) in [6, 6.07) is 15.5. The van der Waals surface area contributed by atoms with Crippen molar-refractivity contribution in [1.82, 2.24) is 4.98 Å². The maximum atomic E-state index is 10.8. The van der Waals surface area contributed by atoms with Crippen molar-refractivity contribution >= 4 is 48.7 Å². The Morgan fingerprint density at radius 3 is 2.67 bits per heavy atom. The van der Waals surface area contributed by atoms with Crippen molar-refractivity contribution in [3.8, 4) is 9.88 Å². The number of thiazole rings is 1. The Hall–Kier alpha value is -2.31. The van der Waals surface area contributed by atoms with Gasteiger partial charge in [-0.1, -0.05) is 41.7 Å². The summed E-state index contributed by atoms with van der Waals surface area (Å²) >= 11 is 2.75. The molecule has 0 bridgehead atoms. The van der Waals surface area contributed by atoms with Crippen LogP contribution in [0.5, 0.6) is 0 Å². The van der Waals surface area contributed by atoms with Gasteiger partial charge in [0.05, 0.1) is 20.0 Å². The van der Waals surface area contributed by atoms with Crippen molar-refractivity contribution in [3.05, 3.63) is 58.6 Å².